The second-order valence-electron chi connectivity index (χ2n) is 5.27. The van der Waals surface area contributed by atoms with E-state index in [1.807, 2.05) is 0 Å². The fourth-order valence-corrected chi connectivity index (χ4v) is 2.21. The summed E-state index contributed by atoms with van der Waals surface area (Å²) in [5.41, 5.74) is 0.652. The van der Waals surface area contributed by atoms with Crippen LogP contribution in [0.4, 0.5) is 10.5 Å². The number of aromatic nitrogens is 1. The molecule has 1 aromatic heterocycles. The summed E-state index contributed by atoms with van der Waals surface area (Å²) in [6, 6.07) is 6.84. The van der Waals surface area contributed by atoms with Gasteiger partial charge in [-0.2, -0.15) is 0 Å². The second-order valence-corrected chi connectivity index (χ2v) is 5.67. The zero-order valence-corrected chi connectivity index (χ0v) is 11.7. The number of pyridine rings is 1. The SMILES string of the molecule is CC(C)(C)N(C(=O)[O-])c1ccc2nccc(Cl)c2c1. The molecule has 0 fully saturated rings. The average Bonchev–Trinajstić information content (AvgIpc) is 2.28. The molecule has 0 aliphatic rings. The van der Waals surface area contributed by atoms with Gasteiger partial charge in [0.1, 0.15) is 6.09 Å². The van der Waals surface area contributed by atoms with Gasteiger partial charge in [-0.1, -0.05) is 11.6 Å². The lowest BCUT2D eigenvalue weighted by atomic mass is 10.0. The van der Waals surface area contributed by atoms with Crippen molar-refractivity contribution in [1.82, 2.24) is 4.98 Å². The number of amides is 1. The van der Waals surface area contributed by atoms with Gasteiger partial charge in [-0.3, -0.25) is 4.98 Å². The van der Waals surface area contributed by atoms with Crippen molar-refractivity contribution in [1.29, 1.82) is 0 Å². The van der Waals surface area contributed by atoms with Crippen LogP contribution in [-0.4, -0.2) is 16.6 Å². The van der Waals surface area contributed by atoms with E-state index in [0.717, 1.165) is 10.9 Å². The molecule has 0 spiro atoms. The summed E-state index contributed by atoms with van der Waals surface area (Å²) in [5.74, 6) is 0. The van der Waals surface area contributed by atoms with Gasteiger partial charge in [0.15, 0.2) is 0 Å². The Morgan fingerprint density at radius 3 is 2.58 bits per heavy atom. The molecule has 4 nitrogen and oxygen atoms in total. The number of nitrogens with zero attached hydrogens (tertiary/aromatic N) is 2. The summed E-state index contributed by atoms with van der Waals surface area (Å²) in [4.78, 5) is 16.7. The van der Waals surface area contributed by atoms with Crippen molar-refractivity contribution in [2.45, 2.75) is 26.3 Å². The number of halogens is 1. The van der Waals surface area contributed by atoms with E-state index < -0.39 is 11.6 Å². The molecule has 2 rings (SSSR count). The summed E-state index contributed by atoms with van der Waals surface area (Å²) in [5, 5.41) is 12.6. The van der Waals surface area contributed by atoms with Crippen LogP contribution in [0, 0.1) is 0 Å². The van der Waals surface area contributed by atoms with Crippen LogP contribution in [0.3, 0.4) is 0 Å². The Hall–Kier alpha value is -1.81. The molecule has 100 valence electrons. The summed E-state index contributed by atoms with van der Waals surface area (Å²) >= 11 is 6.11. The Labute approximate surface area is 116 Å². The molecule has 2 aromatic rings. The van der Waals surface area contributed by atoms with Crippen molar-refractivity contribution in [3.63, 3.8) is 0 Å². The van der Waals surface area contributed by atoms with Crippen molar-refractivity contribution in [3.05, 3.63) is 35.5 Å². The molecule has 19 heavy (non-hydrogen) atoms. The molecule has 0 bridgehead atoms. The van der Waals surface area contributed by atoms with Crippen LogP contribution in [0.1, 0.15) is 20.8 Å². The summed E-state index contributed by atoms with van der Waals surface area (Å²) in [6.45, 7) is 5.41. The predicted molar refractivity (Wildman–Crippen MR) is 74.4 cm³/mol. The maximum Gasteiger partial charge on any atom is 0.142 e. The van der Waals surface area contributed by atoms with Gasteiger partial charge in [0, 0.05) is 22.8 Å². The number of fused-ring (bicyclic) bond motifs is 1. The van der Waals surface area contributed by atoms with Gasteiger partial charge in [-0.05, 0) is 45.0 Å². The van der Waals surface area contributed by atoms with Crippen molar-refractivity contribution >= 4 is 34.3 Å². The first-order chi connectivity index (χ1) is 8.80. The third-order valence-electron chi connectivity index (χ3n) is 2.78. The lowest BCUT2D eigenvalue weighted by molar-refractivity contribution is -0.247. The fourth-order valence-electron chi connectivity index (χ4n) is 2.01. The Morgan fingerprint density at radius 2 is 2.00 bits per heavy atom. The average molecular weight is 278 g/mol. The van der Waals surface area contributed by atoms with E-state index in [-0.39, 0.29) is 0 Å². The van der Waals surface area contributed by atoms with Crippen molar-refractivity contribution in [2.75, 3.05) is 4.90 Å². The lowest BCUT2D eigenvalue weighted by Crippen LogP contribution is -2.52. The molecule has 0 N–H and O–H groups in total. The third-order valence-corrected chi connectivity index (χ3v) is 3.11. The van der Waals surface area contributed by atoms with E-state index in [4.69, 9.17) is 11.6 Å². The van der Waals surface area contributed by atoms with E-state index in [1.165, 1.54) is 4.90 Å². The second kappa shape index (κ2) is 4.70. The number of hydrogen-bond donors (Lipinski definition) is 0. The number of anilines is 1. The van der Waals surface area contributed by atoms with Gasteiger partial charge in [0.05, 0.1) is 10.5 Å². The van der Waals surface area contributed by atoms with Crippen molar-refractivity contribution < 1.29 is 9.90 Å². The summed E-state index contributed by atoms with van der Waals surface area (Å²) < 4.78 is 0. The number of rotatable bonds is 1. The van der Waals surface area contributed by atoms with Crippen LogP contribution in [0.25, 0.3) is 10.9 Å². The van der Waals surface area contributed by atoms with Crippen molar-refractivity contribution in [3.8, 4) is 0 Å². The maximum atomic E-state index is 11.3. The molecular formula is C14H14ClN2O2-. The minimum Gasteiger partial charge on any atom is -0.530 e. The molecular weight excluding hydrogens is 264 g/mol. The Kier molecular flexibility index (Phi) is 3.37. The predicted octanol–water partition coefficient (Wildman–Crippen LogP) is 2.84. The first-order valence-electron chi connectivity index (χ1n) is 5.86. The van der Waals surface area contributed by atoms with Gasteiger partial charge in [-0.25, -0.2) is 0 Å². The Morgan fingerprint density at radius 1 is 1.32 bits per heavy atom. The third kappa shape index (κ3) is 2.63. The highest BCUT2D eigenvalue weighted by molar-refractivity contribution is 6.35. The quantitative estimate of drug-likeness (QED) is 0.805. The van der Waals surface area contributed by atoms with Crippen LogP contribution >= 0.6 is 11.6 Å². The molecule has 0 atom stereocenters. The molecule has 5 heteroatoms. The lowest BCUT2D eigenvalue weighted by Gasteiger charge is -2.37. The van der Waals surface area contributed by atoms with Gasteiger partial charge in [-0.15, -0.1) is 0 Å². The van der Waals surface area contributed by atoms with Crippen LogP contribution < -0.4 is 10.0 Å². The van der Waals surface area contributed by atoms with Crippen LogP contribution in [0.15, 0.2) is 30.5 Å². The van der Waals surface area contributed by atoms with E-state index in [9.17, 15) is 9.90 Å². The number of hydrogen-bond acceptors (Lipinski definition) is 3. The molecule has 0 aliphatic heterocycles. The minimum absolute atomic E-state index is 0.523. The van der Waals surface area contributed by atoms with Crippen LogP contribution in [-0.2, 0) is 0 Å². The summed E-state index contributed by atoms with van der Waals surface area (Å²) in [7, 11) is 0. The standard InChI is InChI=1S/C14H15ClN2O2/c1-14(2,3)17(13(18)19)9-4-5-12-10(8-9)11(15)6-7-16-12/h4-8H,1-3H3,(H,18,19)/p-1. The molecule has 0 saturated carbocycles. The molecule has 0 radical (unpaired) electrons. The normalized spacial score (nSPS) is 11.6. The molecule has 0 saturated heterocycles. The van der Waals surface area contributed by atoms with E-state index >= 15 is 0 Å². The number of carbonyl (C=O) groups is 1. The molecule has 0 unspecified atom stereocenters. The van der Waals surface area contributed by atoms with Gasteiger partial charge >= 0.3 is 0 Å². The molecule has 1 heterocycles. The van der Waals surface area contributed by atoms with Gasteiger partial charge < -0.3 is 14.8 Å². The van der Waals surface area contributed by atoms with Gasteiger partial charge in [0.25, 0.3) is 0 Å². The van der Waals surface area contributed by atoms with Crippen LogP contribution in [0.5, 0.6) is 0 Å². The zero-order chi connectivity index (χ0) is 14.2. The van der Waals surface area contributed by atoms with Gasteiger partial charge in [0.2, 0.25) is 0 Å². The molecule has 0 aliphatic carbocycles. The summed E-state index contributed by atoms with van der Waals surface area (Å²) in [6.07, 6.45) is 0.372. The number of carbonyl (C=O) groups excluding carboxylic acids is 1. The number of benzene rings is 1. The molecule has 1 aromatic carbocycles. The first-order valence-corrected chi connectivity index (χ1v) is 6.24. The highest BCUT2D eigenvalue weighted by Gasteiger charge is 2.23. The topological polar surface area (TPSA) is 56.3 Å². The van der Waals surface area contributed by atoms with E-state index in [1.54, 1.807) is 51.2 Å². The zero-order valence-electron chi connectivity index (χ0n) is 11.0. The van der Waals surface area contributed by atoms with Crippen LogP contribution in [0.2, 0.25) is 5.02 Å². The highest BCUT2D eigenvalue weighted by Crippen LogP contribution is 2.29. The minimum atomic E-state index is -1.24. The Bertz CT molecular complexity index is 635. The molecule has 1 amide bonds. The van der Waals surface area contributed by atoms with E-state index in [2.05, 4.69) is 4.98 Å². The van der Waals surface area contributed by atoms with E-state index in [0.29, 0.717) is 10.7 Å². The largest absolute Gasteiger partial charge is 0.530 e. The Balaban J connectivity index is 2.62. The smallest absolute Gasteiger partial charge is 0.142 e. The number of carboxylic acid groups (broad SMARTS) is 1. The monoisotopic (exact) mass is 277 g/mol. The highest BCUT2D eigenvalue weighted by atomic mass is 35.5. The first kappa shape index (κ1) is 13.6. The van der Waals surface area contributed by atoms with Crippen molar-refractivity contribution in [2.24, 2.45) is 0 Å². The maximum absolute atomic E-state index is 11.3. The fraction of sp³-hybridized carbons (Fsp3) is 0.286.